The third kappa shape index (κ3) is 3.94. The van der Waals surface area contributed by atoms with Gasteiger partial charge in [-0.2, -0.15) is 0 Å². The Hall–Kier alpha value is -1.07. The maximum absolute atomic E-state index is 11.8. The lowest BCUT2D eigenvalue weighted by Gasteiger charge is -2.25. The number of nitrogens with one attached hydrogen (secondary N) is 1. The minimum Gasteiger partial charge on any atom is -0.466 e. The smallest absolute Gasteiger partial charge is 0.307 e. The molecule has 1 unspecified atom stereocenters. The van der Waals surface area contributed by atoms with E-state index in [1.807, 2.05) is 24.3 Å². The molecule has 1 aromatic rings. The van der Waals surface area contributed by atoms with Crippen molar-refractivity contribution >= 4 is 40.0 Å². The van der Waals surface area contributed by atoms with E-state index in [9.17, 15) is 4.79 Å². The number of thiocarbonyl (C=S) groups is 1. The van der Waals surface area contributed by atoms with Crippen LogP contribution in [0.5, 0.6) is 0 Å². The highest BCUT2D eigenvalue weighted by molar-refractivity contribution is 8.23. The van der Waals surface area contributed by atoms with Crippen LogP contribution in [0.2, 0.25) is 0 Å². The minimum atomic E-state index is -0.148. The van der Waals surface area contributed by atoms with Crippen molar-refractivity contribution in [3.8, 4) is 0 Å². The average molecular weight is 295 g/mol. The van der Waals surface area contributed by atoms with Crippen molar-refractivity contribution in [2.75, 3.05) is 11.9 Å². The van der Waals surface area contributed by atoms with Gasteiger partial charge in [0.1, 0.15) is 4.32 Å². The van der Waals surface area contributed by atoms with Crippen molar-refractivity contribution in [1.82, 2.24) is 0 Å². The van der Waals surface area contributed by atoms with Gasteiger partial charge in [0.25, 0.3) is 0 Å². The topological polar surface area (TPSA) is 38.3 Å². The highest BCUT2D eigenvalue weighted by Gasteiger charge is 2.26. The van der Waals surface area contributed by atoms with Crippen LogP contribution in [-0.2, 0) is 9.53 Å². The number of esters is 1. The number of fused-ring (bicyclic) bond motifs is 1. The molecule has 0 spiro atoms. The summed E-state index contributed by atoms with van der Waals surface area (Å²) in [5, 5.41) is 3.21. The van der Waals surface area contributed by atoms with E-state index in [1.54, 1.807) is 0 Å². The Bertz CT molecular complexity index is 476. The predicted octanol–water partition coefficient (Wildman–Crippen LogP) is 3.90. The third-order valence-corrected chi connectivity index (χ3v) is 4.32. The molecule has 1 aromatic carbocycles. The zero-order valence-corrected chi connectivity index (χ0v) is 12.5. The molecule has 0 aliphatic carbocycles. The fraction of sp³-hybridized carbons (Fsp3) is 0.429. The second kappa shape index (κ2) is 6.91. The monoisotopic (exact) mass is 295 g/mol. The van der Waals surface area contributed by atoms with Crippen LogP contribution < -0.4 is 5.32 Å². The summed E-state index contributed by atoms with van der Waals surface area (Å²) in [5.41, 5.74) is 2.12. The molecule has 1 aliphatic rings. The first-order chi connectivity index (χ1) is 9.20. The van der Waals surface area contributed by atoms with Crippen molar-refractivity contribution < 1.29 is 9.53 Å². The summed E-state index contributed by atoms with van der Waals surface area (Å²) in [6, 6.07) is 7.95. The second-order valence-corrected chi connectivity index (χ2v) is 6.26. The molecule has 102 valence electrons. The van der Waals surface area contributed by atoms with Gasteiger partial charge in [-0.05, 0) is 18.1 Å². The highest BCUT2D eigenvalue weighted by atomic mass is 32.2. The van der Waals surface area contributed by atoms with E-state index >= 15 is 0 Å². The van der Waals surface area contributed by atoms with Crippen molar-refractivity contribution in [3.63, 3.8) is 0 Å². The summed E-state index contributed by atoms with van der Waals surface area (Å²) >= 11 is 6.73. The van der Waals surface area contributed by atoms with E-state index in [0.717, 1.165) is 24.1 Å². The van der Waals surface area contributed by atoms with Crippen LogP contribution in [0.4, 0.5) is 5.69 Å². The molecule has 0 aromatic heterocycles. The fourth-order valence-corrected chi connectivity index (χ4v) is 3.35. The predicted molar refractivity (Wildman–Crippen MR) is 83.5 cm³/mol. The van der Waals surface area contributed by atoms with Gasteiger partial charge in [-0.3, -0.25) is 4.79 Å². The van der Waals surface area contributed by atoms with Gasteiger partial charge >= 0.3 is 5.97 Å². The van der Waals surface area contributed by atoms with Gasteiger partial charge in [0.05, 0.1) is 13.0 Å². The van der Waals surface area contributed by atoms with Crippen molar-refractivity contribution in [3.05, 3.63) is 29.8 Å². The van der Waals surface area contributed by atoms with E-state index in [0.29, 0.717) is 17.3 Å². The number of carbonyl (C=O) groups excluding carboxylic acids is 1. The Morgan fingerprint density at radius 3 is 3.05 bits per heavy atom. The number of rotatable bonds is 5. The first-order valence-corrected chi connectivity index (χ1v) is 7.71. The van der Waals surface area contributed by atoms with Crippen molar-refractivity contribution in [2.24, 2.45) is 0 Å². The molecule has 1 aliphatic heterocycles. The number of anilines is 1. The summed E-state index contributed by atoms with van der Waals surface area (Å²) in [7, 11) is 0. The molecular weight excluding hydrogens is 278 g/mol. The first-order valence-electron chi connectivity index (χ1n) is 6.43. The van der Waals surface area contributed by atoms with Crippen molar-refractivity contribution in [2.45, 2.75) is 31.4 Å². The lowest BCUT2D eigenvalue weighted by atomic mass is 10.1. The van der Waals surface area contributed by atoms with Gasteiger partial charge in [-0.15, -0.1) is 0 Å². The molecule has 0 amide bonds. The van der Waals surface area contributed by atoms with Crippen LogP contribution in [0.1, 0.15) is 37.0 Å². The second-order valence-electron chi connectivity index (χ2n) is 4.38. The molecular formula is C14H17NO2S2. The van der Waals surface area contributed by atoms with Crippen LogP contribution in [0, 0.1) is 0 Å². The van der Waals surface area contributed by atoms with Gasteiger partial charge in [0.15, 0.2) is 0 Å². The van der Waals surface area contributed by atoms with Crippen LogP contribution in [-0.4, -0.2) is 16.9 Å². The molecule has 1 atom stereocenters. The zero-order valence-electron chi connectivity index (χ0n) is 10.8. The lowest BCUT2D eigenvalue weighted by Crippen LogP contribution is -2.19. The quantitative estimate of drug-likeness (QED) is 0.506. The number of benzene rings is 1. The highest BCUT2D eigenvalue weighted by Crippen LogP contribution is 2.41. The Morgan fingerprint density at radius 2 is 2.26 bits per heavy atom. The summed E-state index contributed by atoms with van der Waals surface area (Å²) in [6.45, 7) is 2.59. The summed E-state index contributed by atoms with van der Waals surface area (Å²) < 4.78 is 5.93. The van der Waals surface area contributed by atoms with Gasteiger partial charge in [-0.25, -0.2) is 0 Å². The maximum Gasteiger partial charge on any atom is 0.307 e. The van der Waals surface area contributed by atoms with E-state index in [2.05, 4.69) is 12.2 Å². The van der Waals surface area contributed by atoms with Crippen LogP contribution in [0.15, 0.2) is 24.3 Å². The number of thioether (sulfide) groups is 1. The first kappa shape index (κ1) is 14.3. The van der Waals surface area contributed by atoms with E-state index < -0.39 is 0 Å². The van der Waals surface area contributed by atoms with Gasteiger partial charge in [0.2, 0.25) is 0 Å². The number of carbonyl (C=O) groups is 1. The Kier molecular flexibility index (Phi) is 5.22. The molecule has 5 heteroatoms. The molecule has 0 saturated heterocycles. The molecule has 19 heavy (non-hydrogen) atoms. The van der Waals surface area contributed by atoms with Gasteiger partial charge in [0, 0.05) is 10.9 Å². The van der Waals surface area contributed by atoms with Crippen LogP contribution in [0.3, 0.4) is 0 Å². The number of hydrogen-bond acceptors (Lipinski definition) is 4. The molecule has 1 heterocycles. The third-order valence-electron chi connectivity index (χ3n) is 2.91. The number of ether oxygens (including phenoxy) is 1. The molecule has 0 saturated carbocycles. The van der Waals surface area contributed by atoms with Gasteiger partial charge < -0.3 is 10.1 Å². The molecule has 2 rings (SSSR count). The normalized spacial score (nSPS) is 17.5. The Labute approximate surface area is 123 Å². The van der Waals surface area contributed by atoms with E-state index in [-0.39, 0.29) is 11.2 Å². The van der Waals surface area contributed by atoms with Crippen LogP contribution in [0.25, 0.3) is 0 Å². The zero-order chi connectivity index (χ0) is 13.7. The van der Waals surface area contributed by atoms with E-state index in [4.69, 9.17) is 17.0 Å². The molecule has 0 bridgehead atoms. The Balaban J connectivity index is 2.00. The summed E-state index contributed by atoms with van der Waals surface area (Å²) in [6.07, 6.45) is 2.32. The lowest BCUT2D eigenvalue weighted by molar-refractivity contribution is -0.143. The maximum atomic E-state index is 11.8. The minimum absolute atomic E-state index is 0.0547. The van der Waals surface area contributed by atoms with E-state index in [1.165, 1.54) is 11.8 Å². The number of hydrogen-bond donors (Lipinski definition) is 1. The number of para-hydroxylation sites is 1. The summed E-state index contributed by atoms with van der Waals surface area (Å²) in [4.78, 5) is 11.8. The van der Waals surface area contributed by atoms with Gasteiger partial charge in [-0.1, -0.05) is 55.5 Å². The summed E-state index contributed by atoms with van der Waals surface area (Å²) in [5.74, 6) is -0.148. The molecule has 0 radical (unpaired) electrons. The standard InChI is InChI=1S/C14H17NO2S2/c1-2-3-8-17-13(16)9-12-10-6-4-5-7-11(10)15-14(18)19-12/h4-7,12H,2-3,8-9H2,1H3,(H,15,18). The molecule has 1 N–H and O–H groups in total. The largest absolute Gasteiger partial charge is 0.466 e. The fourth-order valence-electron chi connectivity index (χ4n) is 1.92. The SMILES string of the molecule is CCCCOC(=O)CC1SC(=S)Nc2ccccc21. The average Bonchev–Trinajstić information content (AvgIpc) is 2.39. The molecule has 0 fully saturated rings. The van der Waals surface area contributed by atoms with Crippen molar-refractivity contribution in [1.29, 1.82) is 0 Å². The Morgan fingerprint density at radius 1 is 1.47 bits per heavy atom. The number of unbranched alkanes of at least 4 members (excludes halogenated alkanes) is 1. The van der Waals surface area contributed by atoms with Crippen LogP contribution >= 0.6 is 24.0 Å². The molecule has 3 nitrogen and oxygen atoms in total.